The molecule has 2 rings (SSSR count). The zero-order valence-electron chi connectivity index (χ0n) is 7.59. The van der Waals surface area contributed by atoms with Crippen LogP contribution in [-0.4, -0.2) is 6.29 Å². The van der Waals surface area contributed by atoms with Crippen molar-refractivity contribution in [2.24, 2.45) is 0 Å². The molecule has 1 aromatic heterocycles. The Hall–Kier alpha value is -1.03. The first-order valence-electron chi connectivity index (χ1n) is 4.11. The van der Waals surface area contributed by atoms with Gasteiger partial charge in [-0.3, -0.25) is 4.79 Å². The lowest BCUT2D eigenvalue weighted by Gasteiger charge is -2.03. The van der Waals surface area contributed by atoms with Crippen molar-refractivity contribution in [1.82, 2.24) is 0 Å². The highest BCUT2D eigenvalue weighted by atomic mass is 35.5. The van der Waals surface area contributed by atoms with Gasteiger partial charge in [0.25, 0.3) is 0 Å². The van der Waals surface area contributed by atoms with Gasteiger partial charge in [0, 0.05) is 10.4 Å². The minimum Gasteiger partial charge on any atom is -0.421 e. The molecule has 0 saturated heterocycles. The number of hydrogen-bond donors (Lipinski definition) is 0. The van der Waals surface area contributed by atoms with Crippen LogP contribution in [0.2, 0.25) is 15.1 Å². The molecule has 0 bridgehead atoms. The summed E-state index contributed by atoms with van der Waals surface area (Å²) in [6.45, 7) is 0. The first-order chi connectivity index (χ1) is 7.54. The van der Waals surface area contributed by atoms with Crippen LogP contribution in [-0.2, 0) is 0 Å². The highest BCUT2D eigenvalue weighted by Gasteiger charge is 2.15. The highest BCUT2D eigenvalue weighted by molar-refractivity contribution is 6.42. The van der Waals surface area contributed by atoms with Gasteiger partial charge in [0.15, 0.2) is 11.9 Å². The van der Waals surface area contributed by atoms with Crippen LogP contribution in [0.15, 0.2) is 21.3 Å². The number of aldehydes is 1. The summed E-state index contributed by atoms with van der Waals surface area (Å²) in [5.41, 5.74) is -0.948. The van der Waals surface area contributed by atoms with Crippen molar-refractivity contribution in [2.45, 2.75) is 0 Å². The Kier molecular flexibility index (Phi) is 2.93. The number of halogens is 3. The summed E-state index contributed by atoms with van der Waals surface area (Å²) in [6, 6.07) is 2.90. The molecule has 0 spiro atoms. The van der Waals surface area contributed by atoms with Crippen LogP contribution in [0.25, 0.3) is 11.0 Å². The molecule has 1 aromatic carbocycles. The fraction of sp³-hybridized carbons (Fsp3) is 0. The molecule has 82 valence electrons. The van der Waals surface area contributed by atoms with Crippen LogP contribution in [0.5, 0.6) is 0 Å². The van der Waals surface area contributed by atoms with Crippen LogP contribution >= 0.6 is 34.8 Å². The van der Waals surface area contributed by atoms with E-state index in [1.807, 2.05) is 0 Å². The first kappa shape index (κ1) is 11.5. The molecule has 0 unspecified atom stereocenters. The summed E-state index contributed by atoms with van der Waals surface area (Å²) >= 11 is 17.5. The van der Waals surface area contributed by atoms with E-state index in [0.717, 1.165) is 0 Å². The van der Waals surface area contributed by atoms with Crippen LogP contribution in [0.4, 0.5) is 0 Å². The van der Waals surface area contributed by atoms with E-state index in [4.69, 9.17) is 39.2 Å². The number of hydrogen-bond acceptors (Lipinski definition) is 3. The molecule has 0 aliphatic carbocycles. The van der Waals surface area contributed by atoms with Crippen molar-refractivity contribution in [3.63, 3.8) is 0 Å². The Bertz CT molecular complexity index is 646. The molecule has 0 aliphatic heterocycles. The number of rotatable bonds is 1. The van der Waals surface area contributed by atoms with Crippen LogP contribution in [0.1, 0.15) is 10.4 Å². The Balaban J connectivity index is 3.04. The van der Waals surface area contributed by atoms with E-state index in [-0.39, 0.29) is 21.2 Å². The molecule has 2 aromatic rings. The van der Waals surface area contributed by atoms with E-state index in [1.54, 1.807) is 0 Å². The largest absolute Gasteiger partial charge is 0.421 e. The molecule has 0 N–H and O–H groups in total. The van der Waals surface area contributed by atoms with Gasteiger partial charge in [0.2, 0.25) is 0 Å². The Labute approximate surface area is 105 Å². The van der Waals surface area contributed by atoms with Gasteiger partial charge in [-0.05, 0) is 12.1 Å². The SMILES string of the molecule is O=Cc1c(Cl)c2cc(Cl)cc(Cl)c2oc1=O. The lowest BCUT2D eigenvalue weighted by Crippen LogP contribution is -2.07. The molecule has 3 nitrogen and oxygen atoms in total. The third kappa shape index (κ3) is 1.71. The second-order valence-corrected chi connectivity index (χ2v) is 4.22. The molecule has 1 heterocycles. The fourth-order valence-corrected chi connectivity index (χ4v) is 2.10. The minimum atomic E-state index is -0.822. The van der Waals surface area contributed by atoms with E-state index < -0.39 is 5.63 Å². The average Bonchev–Trinajstić information content (AvgIpc) is 2.21. The van der Waals surface area contributed by atoms with Crippen molar-refractivity contribution in [3.8, 4) is 0 Å². The van der Waals surface area contributed by atoms with Gasteiger partial charge >= 0.3 is 5.63 Å². The smallest absolute Gasteiger partial charge is 0.348 e. The van der Waals surface area contributed by atoms with Crippen molar-refractivity contribution in [2.75, 3.05) is 0 Å². The third-order valence-corrected chi connectivity index (χ3v) is 2.92. The molecule has 0 atom stereocenters. The lowest BCUT2D eigenvalue weighted by molar-refractivity contribution is 0.112. The summed E-state index contributed by atoms with van der Waals surface area (Å²) < 4.78 is 4.89. The number of carbonyl (C=O) groups is 1. The number of carbonyl (C=O) groups excluding carboxylic acids is 1. The highest BCUT2D eigenvalue weighted by Crippen LogP contribution is 2.32. The average molecular weight is 277 g/mol. The van der Waals surface area contributed by atoms with Gasteiger partial charge in [-0.1, -0.05) is 34.8 Å². The number of benzene rings is 1. The molecule has 0 fully saturated rings. The molecular formula is C10H3Cl3O3. The van der Waals surface area contributed by atoms with Crippen LogP contribution in [0.3, 0.4) is 0 Å². The fourth-order valence-electron chi connectivity index (χ4n) is 1.31. The van der Waals surface area contributed by atoms with Crippen LogP contribution < -0.4 is 5.63 Å². The maximum Gasteiger partial charge on any atom is 0.348 e. The molecule has 16 heavy (non-hydrogen) atoms. The second kappa shape index (κ2) is 4.09. The standard InChI is InChI=1S/C10H3Cl3O3/c11-4-1-5-8(13)6(3-14)10(15)16-9(5)7(12)2-4/h1-3H. The van der Waals surface area contributed by atoms with E-state index in [2.05, 4.69) is 0 Å². The van der Waals surface area contributed by atoms with E-state index in [0.29, 0.717) is 16.7 Å². The van der Waals surface area contributed by atoms with Crippen LogP contribution in [0, 0.1) is 0 Å². The Morgan fingerprint density at radius 1 is 1.19 bits per heavy atom. The monoisotopic (exact) mass is 276 g/mol. The Morgan fingerprint density at radius 3 is 2.50 bits per heavy atom. The lowest BCUT2D eigenvalue weighted by atomic mass is 10.2. The molecular weight excluding hydrogens is 274 g/mol. The molecule has 0 aliphatic rings. The number of fused-ring (bicyclic) bond motifs is 1. The van der Waals surface area contributed by atoms with Crippen molar-refractivity contribution >= 4 is 52.1 Å². The summed E-state index contributed by atoms with van der Waals surface area (Å²) in [5.74, 6) is 0. The topological polar surface area (TPSA) is 47.3 Å². The normalized spacial score (nSPS) is 10.7. The molecule has 0 radical (unpaired) electrons. The van der Waals surface area contributed by atoms with Crippen molar-refractivity contribution in [3.05, 3.63) is 43.2 Å². The van der Waals surface area contributed by atoms with Gasteiger partial charge in [-0.25, -0.2) is 4.79 Å². The summed E-state index contributed by atoms with van der Waals surface area (Å²) in [4.78, 5) is 22.0. The molecule has 6 heteroatoms. The summed E-state index contributed by atoms with van der Waals surface area (Å²) in [5, 5.41) is 0.829. The van der Waals surface area contributed by atoms with Gasteiger partial charge < -0.3 is 4.42 Å². The maximum atomic E-state index is 11.3. The quantitative estimate of drug-likeness (QED) is 0.591. The zero-order chi connectivity index (χ0) is 11.9. The predicted octanol–water partition coefficient (Wildman–Crippen LogP) is 3.57. The molecule has 0 amide bonds. The third-order valence-electron chi connectivity index (χ3n) is 2.01. The van der Waals surface area contributed by atoms with Gasteiger partial charge in [-0.2, -0.15) is 0 Å². The summed E-state index contributed by atoms with van der Waals surface area (Å²) in [6.07, 6.45) is 0.336. The zero-order valence-corrected chi connectivity index (χ0v) is 9.86. The molecule has 0 saturated carbocycles. The van der Waals surface area contributed by atoms with Crippen molar-refractivity contribution in [1.29, 1.82) is 0 Å². The first-order valence-corrected chi connectivity index (χ1v) is 5.24. The van der Waals surface area contributed by atoms with E-state index in [9.17, 15) is 9.59 Å². The maximum absolute atomic E-state index is 11.3. The second-order valence-electron chi connectivity index (χ2n) is 3.00. The van der Waals surface area contributed by atoms with Gasteiger partial charge in [-0.15, -0.1) is 0 Å². The minimum absolute atomic E-state index is 0.00866. The van der Waals surface area contributed by atoms with Gasteiger partial charge in [0.1, 0.15) is 5.56 Å². The van der Waals surface area contributed by atoms with Crippen molar-refractivity contribution < 1.29 is 9.21 Å². The predicted molar refractivity (Wildman–Crippen MR) is 62.9 cm³/mol. The summed E-state index contributed by atoms with van der Waals surface area (Å²) in [7, 11) is 0. The van der Waals surface area contributed by atoms with E-state index in [1.165, 1.54) is 12.1 Å². The van der Waals surface area contributed by atoms with Gasteiger partial charge in [0.05, 0.1) is 10.0 Å². The van der Waals surface area contributed by atoms with E-state index >= 15 is 0 Å². The Morgan fingerprint density at radius 2 is 1.88 bits per heavy atom.